The number of aryl methyl sites for hydroxylation is 1. The summed E-state index contributed by atoms with van der Waals surface area (Å²) in [4.78, 5) is 42.3. The number of rotatable bonds is 6. The summed E-state index contributed by atoms with van der Waals surface area (Å²) in [5.41, 5.74) is 2.60. The van der Waals surface area contributed by atoms with Crippen LogP contribution in [0.3, 0.4) is 0 Å². The molecule has 3 atom stereocenters. The molecule has 0 aromatic heterocycles. The maximum Gasteiger partial charge on any atom is 0.326 e. The Labute approximate surface area is 238 Å². The molecule has 4 heterocycles. The van der Waals surface area contributed by atoms with Crippen LogP contribution in [0.1, 0.15) is 24.8 Å². The van der Waals surface area contributed by atoms with Crippen LogP contribution in [0.15, 0.2) is 71.9 Å². The number of piperidine rings is 2. The molecule has 3 saturated heterocycles. The zero-order chi connectivity index (χ0) is 27.8. The number of carbonyl (C=O) groups excluding carboxylic acids is 3. The van der Waals surface area contributed by atoms with Crippen molar-refractivity contribution in [1.29, 1.82) is 0 Å². The summed E-state index contributed by atoms with van der Waals surface area (Å²) in [5, 5.41) is 10.6. The van der Waals surface area contributed by atoms with Crippen molar-refractivity contribution in [2.24, 2.45) is 11.8 Å². The Bertz CT molecular complexity index is 1370. The molecule has 2 aromatic carbocycles. The fourth-order valence-electron chi connectivity index (χ4n) is 6.11. The average molecular weight is 560 g/mol. The van der Waals surface area contributed by atoms with Crippen molar-refractivity contribution in [3.8, 4) is 11.5 Å². The van der Waals surface area contributed by atoms with Gasteiger partial charge in [0.05, 0.1) is 22.1 Å². The maximum atomic E-state index is 13.6. The van der Waals surface area contributed by atoms with Crippen LogP contribution in [0.25, 0.3) is 0 Å². The number of urea groups is 1. The van der Waals surface area contributed by atoms with Crippen molar-refractivity contribution < 1.29 is 19.1 Å². The number of ether oxygens (including phenoxy) is 1. The minimum Gasteiger partial charge on any atom is -0.457 e. The Hall–Kier alpha value is -3.76. The first-order valence-electron chi connectivity index (χ1n) is 13.7. The number of hydrogen-bond donors (Lipinski definition) is 3. The molecule has 4 amide bonds. The third-order valence-corrected chi connectivity index (χ3v) is 9.41. The van der Waals surface area contributed by atoms with Crippen LogP contribution in [0.4, 0.5) is 10.5 Å². The van der Waals surface area contributed by atoms with E-state index in [0.717, 1.165) is 46.4 Å². The van der Waals surface area contributed by atoms with Crippen molar-refractivity contribution in [1.82, 2.24) is 20.9 Å². The minimum absolute atomic E-state index is 0.0263. The minimum atomic E-state index is -0.192. The first kappa shape index (κ1) is 26.5. The van der Waals surface area contributed by atoms with E-state index in [2.05, 4.69) is 22.5 Å². The highest BCUT2D eigenvalue weighted by atomic mass is 32.2. The van der Waals surface area contributed by atoms with Crippen molar-refractivity contribution in [2.75, 3.05) is 24.5 Å². The smallest absolute Gasteiger partial charge is 0.326 e. The number of carbonyl (C=O) groups is 3. The second kappa shape index (κ2) is 11.0. The van der Waals surface area contributed by atoms with Gasteiger partial charge in [-0.05, 0) is 74.7 Å². The monoisotopic (exact) mass is 559 g/mol. The predicted molar refractivity (Wildman–Crippen MR) is 155 cm³/mol. The van der Waals surface area contributed by atoms with Gasteiger partial charge in [-0.2, -0.15) is 0 Å². The molecular formula is C30H33N5O4S. The van der Waals surface area contributed by atoms with Crippen LogP contribution in [0.5, 0.6) is 11.5 Å². The van der Waals surface area contributed by atoms with Gasteiger partial charge in [-0.25, -0.2) is 4.79 Å². The Morgan fingerprint density at radius 1 is 1.10 bits per heavy atom. The number of nitrogens with zero attached hydrogens (tertiary/aromatic N) is 2. The zero-order valence-electron chi connectivity index (χ0n) is 22.4. The van der Waals surface area contributed by atoms with Crippen LogP contribution < -0.4 is 25.6 Å². The summed E-state index contributed by atoms with van der Waals surface area (Å²) in [6.07, 6.45) is 3.33. The molecule has 3 fully saturated rings. The number of amides is 4. The molecule has 208 valence electrons. The van der Waals surface area contributed by atoms with Gasteiger partial charge in [0, 0.05) is 30.6 Å². The van der Waals surface area contributed by atoms with E-state index in [1.807, 2.05) is 60.4 Å². The van der Waals surface area contributed by atoms with Crippen LogP contribution in [0.2, 0.25) is 0 Å². The standard InChI is InChI=1S/C30H33N5O4S/c1-3-24(36)34-15-12-19(13-16-34)27(37)33-29-26-25-23(11-14-31-28(25)40-29)35(30(38)32-26)22-10-9-21(17-18(22)2)39-20-7-5-4-6-8-20/h3-10,17,19,23,25,28,31H,1,11-16H2,2H3,(H,32,38)(H,33,37). The van der Waals surface area contributed by atoms with Gasteiger partial charge < -0.3 is 25.6 Å². The Balaban J connectivity index is 1.19. The summed E-state index contributed by atoms with van der Waals surface area (Å²) in [5.74, 6) is 1.17. The molecule has 10 heteroatoms. The van der Waals surface area contributed by atoms with Gasteiger partial charge in [-0.15, -0.1) is 0 Å². The highest BCUT2D eigenvalue weighted by Crippen LogP contribution is 2.47. The highest BCUT2D eigenvalue weighted by Gasteiger charge is 2.51. The molecule has 4 aliphatic heterocycles. The summed E-state index contributed by atoms with van der Waals surface area (Å²) in [6, 6.07) is 15.2. The number of anilines is 1. The fourth-order valence-corrected chi connectivity index (χ4v) is 7.51. The van der Waals surface area contributed by atoms with Gasteiger partial charge in [0.2, 0.25) is 11.8 Å². The van der Waals surface area contributed by atoms with Gasteiger partial charge in [0.25, 0.3) is 0 Å². The van der Waals surface area contributed by atoms with Gasteiger partial charge in [-0.1, -0.05) is 36.5 Å². The third-order valence-electron chi connectivity index (χ3n) is 8.14. The van der Waals surface area contributed by atoms with Crippen LogP contribution in [-0.4, -0.2) is 53.8 Å². The lowest BCUT2D eigenvalue weighted by Gasteiger charge is -2.46. The van der Waals surface area contributed by atoms with Gasteiger partial charge >= 0.3 is 6.03 Å². The lowest BCUT2D eigenvalue weighted by molar-refractivity contribution is -0.131. The summed E-state index contributed by atoms with van der Waals surface area (Å²) in [6.45, 7) is 7.40. The summed E-state index contributed by atoms with van der Waals surface area (Å²) >= 11 is 1.58. The van der Waals surface area contributed by atoms with E-state index in [0.29, 0.717) is 25.9 Å². The van der Waals surface area contributed by atoms with Crippen molar-refractivity contribution >= 4 is 35.3 Å². The molecule has 6 rings (SSSR count). The molecule has 9 nitrogen and oxygen atoms in total. The number of nitrogens with one attached hydrogen (secondary N) is 3. The number of thioether (sulfide) groups is 1. The molecule has 3 unspecified atom stereocenters. The van der Waals surface area contributed by atoms with E-state index in [9.17, 15) is 14.4 Å². The average Bonchev–Trinajstić information content (AvgIpc) is 3.31. The Morgan fingerprint density at radius 3 is 2.60 bits per heavy atom. The number of benzene rings is 2. The Kier molecular flexibility index (Phi) is 7.29. The molecule has 0 bridgehead atoms. The van der Waals surface area contributed by atoms with Crippen molar-refractivity contribution in [3.63, 3.8) is 0 Å². The van der Waals surface area contributed by atoms with Gasteiger partial charge in [-0.3, -0.25) is 14.5 Å². The molecule has 40 heavy (non-hydrogen) atoms. The molecule has 0 spiro atoms. The fraction of sp³-hybridized carbons (Fsp3) is 0.367. The molecule has 3 N–H and O–H groups in total. The zero-order valence-corrected chi connectivity index (χ0v) is 23.2. The molecule has 2 aromatic rings. The normalized spacial score (nSPS) is 24.3. The molecule has 0 aliphatic carbocycles. The van der Waals surface area contributed by atoms with E-state index in [4.69, 9.17) is 4.74 Å². The number of hydrogen-bond acceptors (Lipinski definition) is 6. The predicted octanol–water partition coefficient (Wildman–Crippen LogP) is 4.08. The second-order valence-electron chi connectivity index (χ2n) is 10.6. The maximum absolute atomic E-state index is 13.6. The number of para-hydroxylation sites is 1. The Morgan fingerprint density at radius 2 is 1.88 bits per heavy atom. The second-order valence-corrected chi connectivity index (χ2v) is 11.7. The summed E-state index contributed by atoms with van der Waals surface area (Å²) in [7, 11) is 0. The highest BCUT2D eigenvalue weighted by molar-refractivity contribution is 8.03. The topological polar surface area (TPSA) is 103 Å². The first-order chi connectivity index (χ1) is 19.4. The van der Waals surface area contributed by atoms with Crippen molar-refractivity contribution in [3.05, 3.63) is 77.5 Å². The van der Waals surface area contributed by atoms with Crippen LogP contribution in [0, 0.1) is 18.8 Å². The van der Waals surface area contributed by atoms with E-state index in [1.54, 1.807) is 16.7 Å². The SMILES string of the molecule is C=CC(=O)N1CCC(C(=O)NC2=C3NC(=O)N(c4ccc(Oc5ccccc5)cc4C)C4CCNC(S2)C34)CC1. The lowest BCUT2D eigenvalue weighted by atomic mass is 9.86. The number of likely N-dealkylation sites (tertiary alicyclic amines) is 1. The third kappa shape index (κ3) is 4.97. The van der Waals surface area contributed by atoms with Crippen LogP contribution >= 0.6 is 11.8 Å². The van der Waals surface area contributed by atoms with E-state index in [1.165, 1.54) is 6.08 Å². The summed E-state index contributed by atoms with van der Waals surface area (Å²) < 4.78 is 6.00. The lowest BCUT2D eigenvalue weighted by Crippen LogP contribution is -2.62. The van der Waals surface area contributed by atoms with Crippen molar-refractivity contribution in [2.45, 2.75) is 37.6 Å². The molecule has 4 aliphatic rings. The quantitative estimate of drug-likeness (QED) is 0.461. The first-order valence-corrected chi connectivity index (χ1v) is 14.6. The van der Waals surface area contributed by atoms with E-state index < -0.39 is 0 Å². The van der Waals surface area contributed by atoms with E-state index >= 15 is 0 Å². The van der Waals surface area contributed by atoms with Gasteiger partial charge in [0.15, 0.2) is 0 Å². The molecule has 0 saturated carbocycles. The largest absolute Gasteiger partial charge is 0.457 e. The molecular weight excluding hydrogens is 526 g/mol. The van der Waals surface area contributed by atoms with Gasteiger partial charge in [0.1, 0.15) is 11.5 Å². The van der Waals surface area contributed by atoms with E-state index in [-0.39, 0.29) is 41.1 Å². The van der Waals surface area contributed by atoms with Crippen LogP contribution in [-0.2, 0) is 9.59 Å². The molecule has 0 radical (unpaired) electrons.